The van der Waals surface area contributed by atoms with Gasteiger partial charge in [-0.1, -0.05) is 41.9 Å². The minimum atomic E-state index is -0.390. The topological polar surface area (TPSA) is 29.3 Å². The third kappa shape index (κ3) is 2.94. The van der Waals surface area contributed by atoms with Gasteiger partial charge in [0.25, 0.3) is 0 Å². The lowest BCUT2D eigenvalue weighted by Crippen LogP contribution is -2.34. The van der Waals surface area contributed by atoms with E-state index in [0.29, 0.717) is 12.1 Å². The summed E-state index contributed by atoms with van der Waals surface area (Å²) >= 11 is 5.87. The molecule has 0 saturated carbocycles. The molecule has 106 valence electrons. The van der Waals surface area contributed by atoms with E-state index in [0.717, 1.165) is 12.2 Å². The fourth-order valence-electron chi connectivity index (χ4n) is 2.40. The first-order valence-corrected chi connectivity index (χ1v) is 7.02. The van der Waals surface area contributed by atoms with Gasteiger partial charge in [0, 0.05) is 24.3 Å². The van der Waals surface area contributed by atoms with E-state index < -0.39 is 0 Å². The summed E-state index contributed by atoms with van der Waals surface area (Å²) in [6.45, 7) is 3.08. The highest BCUT2D eigenvalue weighted by Crippen LogP contribution is 2.30. The highest BCUT2D eigenvalue weighted by molar-refractivity contribution is 6.30. The Bertz CT molecular complexity index is 560. The molecular weight excluding hydrogens is 275 g/mol. The van der Waals surface area contributed by atoms with Crippen molar-refractivity contribution in [3.05, 3.63) is 64.9 Å². The number of hydrogen-bond acceptors (Lipinski definition) is 2. The minimum Gasteiger partial charge on any atom is -0.363 e. The Labute approximate surface area is 124 Å². The van der Waals surface area contributed by atoms with Gasteiger partial charge in [0.15, 0.2) is 0 Å². The first-order chi connectivity index (χ1) is 9.69. The summed E-state index contributed by atoms with van der Waals surface area (Å²) in [7, 11) is 0. The largest absolute Gasteiger partial charge is 0.363 e. The molecule has 0 spiro atoms. The van der Waals surface area contributed by atoms with Crippen LogP contribution in [0.4, 0.5) is 10.1 Å². The molecule has 2 nitrogen and oxygen atoms in total. The Balaban J connectivity index is 2.42. The first kappa shape index (κ1) is 14.8. The van der Waals surface area contributed by atoms with Gasteiger partial charge in [-0.2, -0.15) is 0 Å². The Morgan fingerprint density at radius 3 is 2.45 bits per heavy atom. The fraction of sp³-hybridized carbons (Fsp3) is 0.250. The van der Waals surface area contributed by atoms with Crippen LogP contribution in [0, 0.1) is 5.82 Å². The number of anilines is 1. The van der Waals surface area contributed by atoms with Crippen LogP contribution in [0.25, 0.3) is 0 Å². The van der Waals surface area contributed by atoms with E-state index in [1.165, 1.54) is 0 Å². The number of nitrogens with zero attached hydrogens (tertiary/aromatic N) is 1. The zero-order valence-corrected chi connectivity index (χ0v) is 12.1. The summed E-state index contributed by atoms with van der Waals surface area (Å²) < 4.78 is 14.2. The van der Waals surface area contributed by atoms with Crippen molar-refractivity contribution in [2.75, 3.05) is 18.0 Å². The van der Waals surface area contributed by atoms with Crippen molar-refractivity contribution in [1.82, 2.24) is 0 Å². The summed E-state index contributed by atoms with van der Waals surface area (Å²) in [4.78, 5) is 2.08. The maximum atomic E-state index is 14.2. The van der Waals surface area contributed by atoms with Crippen LogP contribution in [-0.2, 0) is 0 Å². The maximum absolute atomic E-state index is 14.2. The van der Waals surface area contributed by atoms with Gasteiger partial charge in [0.05, 0.1) is 11.1 Å². The second-order valence-electron chi connectivity index (χ2n) is 4.52. The Morgan fingerprint density at radius 2 is 1.85 bits per heavy atom. The molecule has 2 aromatic rings. The van der Waals surface area contributed by atoms with Gasteiger partial charge < -0.3 is 10.6 Å². The van der Waals surface area contributed by atoms with Crippen LogP contribution in [0.15, 0.2) is 48.5 Å². The summed E-state index contributed by atoms with van der Waals surface area (Å²) in [5.74, 6) is -0.390. The van der Waals surface area contributed by atoms with Gasteiger partial charge in [-0.25, -0.2) is 4.39 Å². The van der Waals surface area contributed by atoms with E-state index in [-0.39, 0.29) is 16.9 Å². The number of benzene rings is 2. The molecule has 0 fully saturated rings. The monoisotopic (exact) mass is 292 g/mol. The predicted octanol–water partition coefficient (Wildman–Crippen LogP) is 4.01. The summed E-state index contributed by atoms with van der Waals surface area (Å²) in [5, 5.41) is 0.130. The van der Waals surface area contributed by atoms with E-state index in [1.807, 2.05) is 37.3 Å². The third-order valence-corrected chi connectivity index (χ3v) is 3.66. The lowest BCUT2D eigenvalue weighted by Gasteiger charge is -2.32. The summed E-state index contributed by atoms with van der Waals surface area (Å²) in [5.41, 5.74) is 7.44. The number of nitrogens with two attached hydrogens (primary N) is 1. The summed E-state index contributed by atoms with van der Waals surface area (Å²) in [6, 6.07) is 14.7. The van der Waals surface area contributed by atoms with Crippen LogP contribution >= 0.6 is 11.6 Å². The van der Waals surface area contributed by atoms with Gasteiger partial charge in [0.2, 0.25) is 0 Å². The van der Waals surface area contributed by atoms with Crippen molar-refractivity contribution in [2.24, 2.45) is 5.73 Å². The molecular formula is C16H18ClFN2. The molecule has 0 aliphatic rings. The molecule has 4 heteroatoms. The third-order valence-electron chi connectivity index (χ3n) is 3.37. The number of rotatable bonds is 5. The molecule has 20 heavy (non-hydrogen) atoms. The Kier molecular flexibility index (Phi) is 4.99. The molecule has 0 aromatic heterocycles. The lowest BCUT2D eigenvalue weighted by atomic mass is 10.0. The zero-order valence-electron chi connectivity index (χ0n) is 11.4. The molecule has 2 aromatic carbocycles. The average molecular weight is 293 g/mol. The predicted molar refractivity (Wildman–Crippen MR) is 82.7 cm³/mol. The van der Waals surface area contributed by atoms with Crippen LogP contribution in [0.3, 0.4) is 0 Å². The average Bonchev–Trinajstić information content (AvgIpc) is 2.49. The van der Waals surface area contributed by atoms with Crippen molar-refractivity contribution in [3.63, 3.8) is 0 Å². The molecule has 0 amide bonds. The van der Waals surface area contributed by atoms with Crippen LogP contribution in [0.2, 0.25) is 5.02 Å². The Morgan fingerprint density at radius 1 is 1.15 bits per heavy atom. The number of halogens is 2. The van der Waals surface area contributed by atoms with Crippen molar-refractivity contribution in [2.45, 2.75) is 13.0 Å². The molecule has 0 aliphatic heterocycles. The molecule has 2 rings (SSSR count). The second-order valence-corrected chi connectivity index (χ2v) is 4.92. The lowest BCUT2D eigenvalue weighted by molar-refractivity contribution is 0.562. The van der Waals surface area contributed by atoms with Crippen molar-refractivity contribution < 1.29 is 4.39 Å². The van der Waals surface area contributed by atoms with E-state index in [2.05, 4.69) is 4.90 Å². The number of likely N-dealkylation sites (N-methyl/N-ethyl adjacent to an activating group) is 1. The van der Waals surface area contributed by atoms with Gasteiger partial charge >= 0.3 is 0 Å². The second kappa shape index (κ2) is 6.73. The normalized spacial score (nSPS) is 12.2. The highest BCUT2D eigenvalue weighted by Gasteiger charge is 2.22. The Hall–Kier alpha value is -1.58. The van der Waals surface area contributed by atoms with Gasteiger partial charge in [-0.15, -0.1) is 0 Å². The van der Waals surface area contributed by atoms with Gasteiger partial charge in [-0.05, 0) is 25.1 Å². The van der Waals surface area contributed by atoms with E-state index in [4.69, 9.17) is 17.3 Å². The maximum Gasteiger partial charge on any atom is 0.147 e. The number of hydrogen-bond donors (Lipinski definition) is 1. The smallest absolute Gasteiger partial charge is 0.147 e. The first-order valence-electron chi connectivity index (χ1n) is 6.64. The number of para-hydroxylation sites is 1. The van der Waals surface area contributed by atoms with E-state index in [1.54, 1.807) is 18.2 Å². The summed E-state index contributed by atoms with van der Waals surface area (Å²) in [6.07, 6.45) is 0. The molecule has 2 N–H and O–H groups in total. The van der Waals surface area contributed by atoms with Gasteiger partial charge in [-0.3, -0.25) is 0 Å². The molecule has 1 unspecified atom stereocenters. The van der Waals surface area contributed by atoms with Crippen molar-refractivity contribution in [1.29, 1.82) is 0 Å². The molecule has 0 radical (unpaired) electrons. The molecule has 0 heterocycles. The van der Waals surface area contributed by atoms with Crippen molar-refractivity contribution in [3.8, 4) is 0 Å². The van der Waals surface area contributed by atoms with E-state index >= 15 is 0 Å². The van der Waals surface area contributed by atoms with Crippen LogP contribution in [-0.4, -0.2) is 13.1 Å². The standard InChI is InChI=1S/C16H18ClFN2/c1-2-20(12-7-4-3-5-8-12)15(11-19)13-9-6-10-14(17)16(13)18/h3-10,15H,2,11,19H2,1H3. The van der Waals surface area contributed by atoms with Gasteiger partial charge in [0.1, 0.15) is 5.82 Å². The molecule has 0 bridgehead atoms. The zero-order chi connectivity index (χ0) is 14.5. The SMILES string of the molecule is CCN(c1ccccc1)C(CN)c1cccc(Cl)c1F. The van der Waals surface area contributed by atoms with Crippen molar-refractivity contribution >= 4 is 17.3 Å². The molecule has 1 atom stereocenters. The van der Waals surface area contributed by atoms with Crippen LogP contribution in [0.1, 0.15) is 18.5 Å². The molecule has 0 aliphatic carbocycles. The van der Waals surface area contributed by atoms with Crippen LogP contribution in [0.5, 0.6) is 0 Å². The minimum absolute atomic E-state index is 0.130. The molecule has 0 saturated heterocycles. The van der Waals surface area contributed by atoms with Crippen LogP contribution < -0.4 is 10.6 Å². The highest BCUT2D eigenvalue weighted by atomic mass is 35.5. The quantitative estimate of drug-likeness (QED) is 0.902. The van der Waals surface area contributed by atoms with E-state index in [9.17, 15) is 4.39 Å². The fourth-order valence-corrected chi connectivity index (χ4v) is 2.58.